The largest absolute Gasteiger partial charge is 0.348 e. The van der Waals surface area contributed by atoms with Crippen LogP contribution in [0.4, 0.5) is 15.8 Å². The van der Waals surface area contributed by atoms with Crippen LogP contribution in [0.5, 0.6) is 0 Å². The summed E-state index contributed by atoms with van der Waals surface area (Å²) in [5.74, 6) is -1.78. The monoisotopic (exact) mass is 408 g/mol. The Morgan fingerprint density at radius 2 is 1.80 bits per heavy atom. The molecule has 0 radical (unpaired) electrons. The topological polar surface area (TPSA) is 114 Å². The highest BCUT2D eigenvalue weighted by Crippen LogP contribution is 2.23. The van der Waals surface area contributed by atoms with Gasteiger partial charge in [0, 0.05) is 41.8 Å². The average molecular weight is 408 g/mol. The van der Waals surface area contributed by atoms with Crippen LogP contribution in [0.25, 0.3) is 0 Å². The van der Waals surface area contributed by atoms with Crippen molar-refractivity contribution in [2.24, 2.45) is 0 Å². The molecule has 0 saturated heterocycles. The van der Waals surface area contributed by atoms with Gasteiger partial charge in [-0.05, 0) is 42.8 Å². The smallest absolute Gasteiger partial charge is 0.276 e. The summed E-state index contributed by atoms with van der Waals surface area (Å²) in [5, 5.41) is 16.4. The maximum atomic E-state index is 13.9. The summed E-state index contributed by atoms with van der Waals surface area (Å²) >= 11 is 0. The van der Waals surface area contributed by atoms with Gasteiger partial charge in [0.1, 0.15) is 5.82 Å². The van der Waals surface area contributed by atoms with E-state index in [0.29, 0.717) is 16.8 Å². The number of carbonyl (C=O) groups excluding carboxylic acids is 2. The Kier molecular flexibility index (Phi) is 6.11. The quantitative estimate of drug-likeness (QED) is 0.478. The predicted octanol–water partition coefficient (Wildman–Crippen LogP) is 3.62. The molecule has 0 aliphatic rings. The van der Waals surface area contributed by atoms with E-state index in [1.165, 1.54) is 19.3 Å². The van der Waals surface area contributed by atoms with Gasteiger partial charge in [-0.15, -0.1) is 0 Å². The Hall–Kier alpha value is -4.14. The van der Waals surface area contributed by atoms with Crippen molar-refractivity contribution in [1.29, 1.82) is 0 Å². The molecular formula is C21H17FN4O4. The molecule has 152 valence electrons. The molecule has 30 heavy (non-hydrogen) atoms. The first-order chi connectivity index (χ1) is 14.3. The molecule has 0 bridgehead atoms. The number of nitrogens with one attached hydrogen (secondary N) is 2. The molecule has 2 aromatic carbocycles. The zero-order valence-corrected chi connectivity index (χ0v) is 15.9. The maximum absolute atomic E-state index is 13.9. The van der Waals surface area contributed by atoms with Crippen LogP contribution < -0.4 is 10.6 Å². The molecule has 0 saturated carbocycles. The molecule has 2 amide bonds. The fraction of sp³-hybridized carbons (Fsp3) is 0.0952. The Labute approximate surface area is 170 Å². The minimum atomic E-state index is -0.824. The number of aromatic nitrogens is 1. The number of nitro groups is 1. The summed E-state index contributed by atoms with van der Waals surface area (Å²) in [4.78, 5) is 38.7. The van der Waals surface area contributed by atoms with E-state index in [1.807, 2.05) is 0 Å². The highest BCUT2D eigenvalue weighted by atomic mass is 19.1. The van der Waals surface area contributed by atoms with Gasteiger partial charge >= 0.3 is 0 Å². The second-order valence-electron chi connectivity index (χ2n) is 6.43. The number of halogens is 1. The van der Waals surface area contributed by atoms with Crippen molar-refractivity contribution >= 4 is 23.2 Å². The minimum absolute atomic E-state index is 0.0844. The number of amides is 2. The molecule has 0 spiro atoms. The minimum Gasteiger partial charge on any atom is -0.348 e. The van der Waals surface area contributed by atoms with E-state index in [2.05, 4.69) is 15.6 Å². The van der Waals surface area contributed by atoms with Crippen molar-refractivity contribution in [3.05, 3.63) is 99.1 Å². The standard InChI is InChI=1S/C21H17FN4O4/c1-13-18(22)10-16(11-19(13)26(29)30)20(27)24-12-14-3-2-4-17(9-14)25-21(28)15-5-7-23-8-6-15/h2-11H,12H2,1H3,(H,24,27)(H,25,28). The zero-order valence-electron chi connectivity index (χ0n) is 15.9. The summed E-state index contributed by atoms with van der Waals surface area (Å²) < 4.78 is 13.9. The SMILES string of the molecule is Cc1c(F)cc(C(=O)NCc2cccc(NC(=O)c3ccncc3)c2)cc1[N+](=O)[O-]. The van der Waals surface area contributed by atoms with Gasteiger partial charge in [-0.2, -0.15) is 0 Å². The summed E-state index contributed by atoms with van der Waals surface area (Å²) in [6, 6.07) is 12.0. The first-order valence-electron chi connectivity index (χ1n) is 8.88. The number of rotatable bonds is 6. The van der Waals surface area contributed by atoms with E-state index < -0.39 is 22.3 Å². The molecular weight excluding hydrogens is 391 g/mol. The number of benzene rings is 2. The highest BCUT2D eigenvalue weighted by Gasteiger charge is 2.19. The van der Waals surface area contributed by atoms with Crippen molar-refractivity contribution in [2.75, 3.05) is 5.32 Å². The van der Waals surface area contributed by atoms with Crippen LogP contribution in [-0.4, -0.2) is 21.7 Å². The van der Waals surface area contributed by atoms with Crippen LogP contribution in [-0.2, 0) is 6.54 Å². The number of carbonyl (C=O) groups is 2. The van der Waals surface area contributed by atoms with Gasteiger partial charge in [-0.3, -0.25) is 24.7 Å². The second kappa shape index (κ2) is 8.91. The third kappa shape index (κ3) is 4.82. The molecule has 9 heteroatoms. The first kappa shape index (κ1) is 20.6. The lowest BCUT2D eigenvalue weighted by Gasteiger charge is -2.09. The Balaban J connectivity index is 1.68. The van der Waals surface area contributed by atoms with E-state index in [4.69, 9.17) is 0 Å². The van der Waals surface area contributed by atoms with E-state index in [-0.39, 0.29) is 23.6 Å². The zero-order chi connectivity index (χ0) is 21.7. The van der Waals surface area contributed by atoms with Crippen LogP contribution in [0.3, 0.4) is 0 Å². The van der Waals surface area contributed by atoms with Crippen molar-refractivity contribution in [1.82, 2.24) is 10.3 Å². The van der Waals surface area contributed by atoms with Gasteiger partial charge in [0.15, 0.2) is 0 Å². The van der Waals surface area contributed by atoms with Gasteiger partial charge in [0.25, 0.3) is 17.5 Å². The summed E-state index contributed by atoms with van der Waals surface area (Å²) in [6.45, 7) is 1.36. The van der Waals surface area contributed by atoms with Crippen molar-refractivity contribution in [3.63, 3.8) is 0 Å². The van der Waals surface area contributed by atoms with Crippen molar-refractivity contribution < 1.29 is 18.9 Å². The third-order valence-corrected chi connectivity index (χ3v) is 4.36. The van der Waals surface area contributed by atoms with E-state index in [0.717, 1.165) is 12.1 Å². The molecule has 3 rings (SSSR count). The summed E-state index contributed by atoms with van der Waals surface area (Å²) in [6.07, 6.45) is 3.03. The van der Waals surface area contributed by atoms with Gasteiger partial charge in [-0.25, -0.2) is 4.39 Å². The van der Waals surface area contributed by atoms with Crippen LogP contribution in [0.2, 0.25) is 0 Å². The molecule has 0 aliphatic heterocycles. The Bertz CT molecular complexity index is 1120. The van der Waals surface area contributed by atoms with Crippen LogP contribution in [0.15, 0.2) is 60.9 Å². The maximum Gasteiger partial charge on any atom is 0.276 e. The molecule has 3 aromatic rings. The predicted molar refractivity (Wildman–Crippen MR) is 108 cm³/mol. The van der Waals surface area contributed by atoms with Gasteiger partial charge in [0.05, 0.1) is 10.5 Å². The normalized spacial score (nSPS) is 10.3. The van der Waals surface area contributed by atoms with Gasteiger partial charge in [-0.1, -0.05) is 12.1 Å². The molecule has 0 atom stereocenters. The molecule has 1 aromatic heterocycles. The third-order valence-electron chi connectivity index (χ3n) is 4.36. The summed E-state index contributed by atoms with van der Waals surface area (Å²) in [5.41, 5.74) is 0.923. The Morgan fingerprint density at radius 1 is 1.07 bits per heavy atom. The molecule has 0 aliphatic carbocycles. The van der Waals surface area contributed by atoms with E-state index >= 15 is 0 Å². The lowest BCUT2D eigenvalue weighted by Crippen LogP contribution is -2.23. The van der Waals surface area contributed by atoms with Crippen LogP contribution in [0.1, 0.15) is 31.8 Å². The number of nitro benzene ring substituents is 1. The average Bonchev–Trinajstić information content (AvgIpc) is 2.74. The number of hydrogen-bond acceptors (Lipinski definition) is 5. The van der Waals surface area contributed by atoms with Gasteiger partial charge < -0.3 is 10.6 Å². The number of anilines is 1. The lowest BCUT2D eigenvalue weighted by molar-refractivity contribution is -0.385. The number of nitrogens with zero attached hydrogens (tertiary/aromatic N) is 2. The molecule has 1 heterocycles. The fourth-order valence-corrected chi connectivity index (χ4v) is 2.74. The second-order valence-corrected chi connectivity index (χ2v) is 6.43. The molecule has 8 nitrogen and oxygen atoms in total. The fourth-order valence-electron chi connectivity index (χ4n) is 2.74. The first-order valence-corrected chi connectivity index (χ1v) is 8.88. The van der Waals surface area contributed by atoms with Crippen molar-refractivity contribution in [3.8, 4) is 0 Å². The van der Waals surface area contributed by atoms with E-state index in [9.17, 15) is 24.1 Å². The Morgan fingerprint density at radius 3 is 2.50 bits per heavy atom. The number of hydrogen-bond donors (Lipinski definition) is 2. The molecule has 0 unspecified atom stereocenters. The highest BCUT2D eigenvalue weighted by molar-refractivity contribution is 6.04. The van der Waals surface area contributed by atoms with E-state index in [1.54, 1.807) is 36.4 Å². The van der Waals surface area contributed by atoms with Crippen LogP contribution in [0, 0.1) is 22.9 Å². The van der Waals surface area contributed by atoms with Crippen LogP contribution >= 0.6 is 0 Å². The van der Waals surface area contributed by atoms with Crippen molar-refractivity contribution in [2.45, 2.75) is 13.5 Å². The lowest BCUT2D eigenvalue weighted by atomic mass is 10.1. The van der Waals surface area contributed by atoms with Gasteiger partial charge in [0.2, 0.25) is 0 Å². The molecule has 2 N–H and O–H groups in total. The summed E-state index contributed by atoms with van der Waals surface area (Å²) in [7, 11) is 0. The molecule has 0 fully saturated rings. The number of pyridine rings is 1.